The predicted molar refractivity (Wildman–Crippen MR) is 66.7 cm³/mol. The second-order valence-corrected chi connectivity index (χ2v) is 5.39. The molecule has 0 aliphatic heterocycles. The lowest BCUT2D eigenvalue weighted by atomic mass is 10.1. The monoisotopic (exact) mass is 247 g/mol. The highest BCUT2D eigenvalue weighted by molar-refractivity contribution is 7.16. The summed E-state index contributed by atoms with van der Waals surface area (Å²) < 4.78 is 0.828. The Balaban J connectivity index is 2.50. The van der Waals surface area contributed by atoms with E-state index in [4.69, 9.17) is 16.7 Å². The van der Waals surface area contributed by atoms with Crippen molar-refractivity contribution in [3.63, 3.8) is 0 Å². The number of halogens is 1. The average molecular weight is 248 g/mol. The first-order valence-electron chi connectivity index (χ1n) is 5.29. The minimum absolute atomic E-state index is 0.240. The van der Waals surface area contributed by atoms with Crippen molar-refractivity contribution in [1.82, 2.24) is 5.32 Å². The van der Waals surface area contributed by atoms with Crippen molar-refractivity contribution in [2.24, 2.45) is 0 Å². The van der Waals surface area contributed by atoms with E-state index in [1.165, 1.54) is 4.88 Å². The number of thiophene rings is 1. The summed E-state index contributed by atoms with van der Waals surface area (Å²) in [7, 11) is 0. The maximum absolute atomic E-state index is 8.90. The van der Waals surface area contributed by atoms with E-state index in [1.807, 2.05) is 6.07 Å². The van der Waals surface area contributed by atoms with E-state index < -0.39 is 0 Å². The fraction of sp³-hybridized carbons (Fsp3) is 0.636. The van der Waals surface area contributed by atoms with Gasteiger partial charge in [-0.05, 0) is 31.9 Å². The van der Waals surface area contributed by atoms with E-state index in [1.54, 1.807) is 11.3 Å². The largest absolute Gasteiger partial charge is 0.396 e. The van der Waals surface area contributed by atoms with Gasteiger partial charge in [0, 0.05) is 23.6 Å². The Morgan fingerprint density at radius 3 is 2.73 bits per heavy atom. The quantitative estimate of drug-likeness (QED) is 0.809. The molecule has 0 bridgehead atoms. The molecule has 1 aromatic rings. The Morgan fingerprint density at radius 1 is 1.53 bits per heavy atom. The molecule has 0 saturated heterocycles. The van der Waals surface area contributed by atoms with Crippen molar-refractivity contribution in [1.29, 1.82) is 0 Å². The molecule has 0 saturated carbocycles. The molecule has 1 aromatic heterocycles. The highest BCUT2D eigenvalue weighted by Crippen LogP contribution is 2.27. The van der Waals surface area contributed by atoms with E-state index in [9.17, 15) is 0 Å². The molecule has 0 aliphatic rings. The average Bonchev–Trinajstić information content (AvgIpc) is 2.64. The molecule has 0 amide bonds. The molecule has 2 N–H and O–H groups in total. The normalized spacial score (nSPS) is 15.2. The molecule has 0 aromatic carbocycles. The fourth-order valence-electron chi connectivity index (χ4n) is 1.56. The minimum atomic E-state index is 0.240. The number of aliphatic hydroxyl groups is 1. The smallest absolute Gasteiger partial charge is 0.0931 e. The number of nitrogens with one attached hydrogen (secondary N) is 1. The molecular formula is C11H18ClNOS. The molecule has 2 nitrogen and oxygen atoms in total. The molecule has 1 heterocycles. The molecule has 0 aliphatic carbocycles. The topological polar surface area (TPSA) is 32.3 Å². The van der Waals surface area contributed by atoms with Crippen LogP contribution in [0.3, 0.4) is 0 Å². The number of hydrogen-bond donors (Lipinski definition) is 2. The maximum Gasteiger partial charge on any atom is 0.0931 e. The standard InChI is InChI=1S/C11H18ClNOS/c1-3-9(6-7-14)13-8(2)10-4-5-11(12)15-10/h4-5,8-9,13-14H,3,6-7H2,1-2H3. The fourth-order valence-corrected chi connectivity index (χ4v) is 2.63. The van der Waals surface area contributed by atoms with Crippen molar-refractivity contribution in [2.45, 2.75) is 38.8 Å². The molecular weight excluding hydrogens is 230 g/mol. The zero-order valence-corrected chi connectivity index (χ0v) is 10.7. The van der Waals surface area contributed by atoms with E-state index in [0.717, 1.165) is 17.2 Å². The van der Waals surface area contributed by atoms with E-state index in [-0.39, 0.29) is 6.61 Å². The summed E-state index contributed by atoms with van der Waals surface area (Å²) >= 11 is 7.49. The van der Waals surface area contributed by atoms with Crippen LogP contribution in [0.25, 0.3) is 0 Å². The van der Waals surface area contributed by atoms with E-state index >= 15 is 0 Å². The first kappa shape index (κ1) is 13.0. The predicted octanol–water partition coefficient (Wildman–Crippen LogP) is 3.21. The summed E-state index contributed by atoms with van der Waals surface area (Å²) in [5, 5.41) is 12.4. The Labute approximate surface area is 100 Å². The molecule has 15 heavy (non-hydrogen) atoms. The van der Waals surface area contributed by atoms with Crippen LogP contribution in [0.1, 0.15) is 37.6 Å². The summed E-state index contributed by atoms with van der Waals surface area (Å²) in [6, 6.07) is 4.66. The third-order valence-electron chi connectivity index (χ3n) is 2.48. The zero-order valence-electron chi connectivity index (χ0n) is 9.16. The van der Waals surface area contributed by atoms with E-state index in [0.29, 0.717) is 12.1 Å². The number of rotatable bonds is 6. The summed E-state index contributed by atoms with van der Waals surface area (Å²) in [6.07, 6.45) is 1.84. The van der Waals surface area contributed by atoms with Crippen LogP contribution < -0.4 is 5.32 Å². The third-order valence-corrected chi connectivity index (χ3v) is 3.89. The second-order valence-electron chi connectivity index (χ2n) is 3.65. The number of aliphatic hydroxyl groups excluding tert-OH is 1. The third kappa shape index (κ3) is 4.11. The van der Waals surface area contributed by atoms with Crippen molar-refractivity contribution in [2.75, 3.05) is 6.61 Å². The Kier molecular flexibility index (Phi) is 5.61. The molecule has 86 valence electrons. The molecule has 1 rings (SSSR count). The van der Waals surface area contributed by atoms with Crippen LogP contribution in [0.2, 0.25) is 4.34 Å². The first-order chi connectivity index (χ1) is 7.17. The van der Waals surface area contributed by atoms with Crippen molar-refractivity contribution >= 4 is 22.9 Å². The maximum atomic E-state index is 8.90. The van der Waals surface area contributed by atoms with Crippen molar-refractivity contribution in [3.8, 4) is 0 Å². The van der Waals surface area contributed by atoms with Gasteiger partial charge in [-0.1, -0.05) is 18.5 Å². The van der Waals surface area contributed by atoms with Gasteiger partial charge in [-0.2, -0.15) is 0 Å². The highest BCUT2D eigenvalue weighted by atomic mass is 35.5. The minimum Gasteiger partial charge on any atom is -0.396 e. The van der Waals surface area contributed by atoms with Gasteiger partial charge in [-0.25, -0.2) is 0 Å². The first-order valence-corrected chi connectivity index (χ1v) is 6.49. The second kappa shape index (κ2) is 6.48. The van der Waals surface area contributed by atoms with Crippen LogP contribution in [0.4, 0.5) is 0 Å². The Morgan fingerprint density at radius 2 is 2.27 bits per heavy atom. The van der Waals surface area contributed by atoms with Gasteiger partial charge in [0.25, 0.3) is 0 Å². The van der Waals surface area contributed by atoms with Gasteiger partial charge < -0.3 is 10.4 Å². The molecule has 2 unspecified atom stereocenters. The van der Waals surface area contributed by atoms with Gasteiger partial charge in [-0.3, -0.25) is 0 Å². The summed E-state index contributed by atoms with van der Waals surface area (Å²) in [4.78, 5) is 1.25. The molecule has 0 radical (unpaired) electrons. The van der Waals surface area contributed by atoms with Gasteiger partial charge in [0.2, 0.25) is 0 Å². The van der Waals surface area contributed by atoms with Crippen LogP contribution in [0.15, 0.2) is 12.1 Å². The van der Waals surface area contributed by atoms with Crippen LogP contribution in [-0.4, -0.2) is 17.8 Å². The van der Waals surface area contributed by atoms with Gasteiger partial charge in [-0.15, -0.1) is 11.3 Å². The zero-order chi connectivity index (χ0) is 11.3. The van der Waals surface area contributed by atoms with Crippen LogP contribution in [0.5, 0.6) is 0 Å². The Bertz CT molecular complexity index is 290. The van der Waals surface area contributed by atoms with Crippen LogP contribution >= 0.6 is 22.9 Å². The van der Waals surface area contributed by atoms with Gasteiger partial charge in [0.05, 0.1) is 4.34 Å². The molecule has 2 atom stereocenters. The van der Waals surface area contributed by atoms with E-state index in [2.05, 4.69) is 25.2 Å². The lowest BCUT2D eigenvalue weighted by Gasteiger charge is -2.20. The number of hydrogen-bond acceptors (Lipinski definition) is 3. The van der Waals surface area contributed by atoms with Crippen LogP contribution in [-0.2, 0) is 0 Å². The summed E-state index contributed by atoms with van der Waals surface area (Å²) in [5.41, 5.74) is 0. The molecule has 4 heteroatoms. The molecule has 0 spiro atoms. The SMILES string of the molecule is CCC(CCO)NC(C)c1ccc(Cl)s1. The molecule has 0 fully saturated rings. The van der Waals surface area contributed by atoms with Gasteiger partial charge >= 0.3 is 0 Å². The highest BCUT2D eigenvalue weighted by Gasteiger charge is 2.12. The van der Waals surface area contributed by atoms with Crippen LogP contribution in [0, 0.1) is 0 Å². The lowest BCUT2D eigenvalue weighted by Crippen LogP contribution is -2.31. The lowest BCUT2D eigenvalue weighted by molar-refractivity contribution is 0.257. The van der Waals surface area contributed by atoms with Gasteiger partial charge in [0.1, 0.15) is 0 Å². The van der Waals surface area contributed by atoms with Crippen molar-refractivity contribution in [3.05, 3.63) is 21.3 Å². The van der Waals surface area contributed by atoms with Crippen molar-refractivity contribution < 1.29 is 5.11 Å². The summed E-state index contributed by atoms with van der Waals surface area (Å²) in [5.74, 6) is 0. The Hall–Kier alpha value is -0.0900. The summed E-state index contributed by atoms with van der Waals surface area (Å²) in [6.45, 7) is 4.49. The van der Waals surface area contributed by atoms with Gasteiger partial charge in [0.15, 0.2) is 0 Å².